The number of hydrogen-bond acceptors (Lipinski definition) is 6. The molecule has 0 bridgehead atoms. The predicted octanol–water partition coefficient (Wildman–Crippen LogP) is 16.2. The van der Waals surface area contributed by atoms with Crippen LogP contribution in [-0.2, 0) is 27.2 Å². The third-order valence-corrected chi connectivity index (χ3v) is 11.8. The van der Waals surface area contributed by atoms with Crippen molar-refractivity contribution in [2.45, 2.75) is 107 Å². The summed E-state index contributed by atoms with van der Waals surface area (Å²) in [4.78, 5) is 12.8. The first-order chi connectivity index (χ1) is 29.2. The molecule has 2 fully saturated rings. The summed E-state index contributed by atoms with van der Waals surface area (Å²) in [5.41, 5.74) is 5.97. The minimum atomic E-state index is -0.278. The van der Waals surface area contributed by atoms with E-state index in [0.717, 1.165) is 25.9 Å². The zero-order valence-electron chi connectivity index (χ0n) is 37.9. The zero-order valence-corrected chi connectivity index (χ0v) is 53.1. The molecule has 60 heavy (non-hydrogen) atoms. The SMILES string of the molecule is CC.CC.CC.CC.CC1Cc2ccccc2Sc2ccccc21.CN1CCN(C2Cc3ccccc3Sc3ccccc32)CC1.CN1CCNCC1.[I][V]([I])[I].[I][V][I]. The number of halogens is 5. The molecule has 0 amide bonds. The Kier molecular flexibility index (Phi) is 41.8. The second kappa shape index (κ2) is 40.3. The van der Waals surface area contributed by atoms with Crippen LogP contribution in [0.15, 0.2) is 117 Å². The van der Waals surface area contributed by atoms with Crippen molar-refractivity contribution in [2.24, 2.45) is 0 Å². The van der Waals surface area contributed by atoms with Crippen molar-refractivity contribution >= 4 is 123 Å². The van der Waals surface area contributed by atoms with Crippen molar-refractivity contribution in [3.8, 4) is 0 Å². The Balaban J connectivity index is 0.000000800. The fourth-order valence-electron chi connectivity index (χ4n) is 6.60. The Morgan fingerprint density at radius 2 is 0.883 bits per heavy atom. The normalized spacial score (nSPS) is 17.4. The Hall–Kier alpha value is 2.24. The Morgan fingerprint density at radius 3 is 1.32 bits per heavy atom. The maximum absolute atomic E-state index is 3.27. The standard InChI is InChI=1S/C19H22N2S.C15H14S.C5H12N2.4C2H6.5HI.2V/c1-20-10-12-21(13-11-20)17-14-15-6-2-4-8-18(15)22-19-9-5-3-7-16(17)19;1-11-10-12-6-2-4-8-14(12)16-15-9-5-3-7-13(11)15;1-7-4-2-6-3-5-7;4*1-2;;;;;;;/h2-9,17H,10-14H2,1H3;2-9,11H,10H2,1H3;6H,2-5H2,1H3;4*1-2H3;5*1H;;/q;;;;;;;;;;;;+2;+3/p-5. The van der Waals surface area contributed by atoms with Crippen LogP contribution in [0.5, 0.6) is 0 Å². The second-order valence-corrected chi connectivity index (χ2v) is 62.3. The van der Waals surface area contributed by atoms with Gasteiger partial charge in [0.2, 0.25) is 0 Å². The van der Waals surface area contributed by atoms with Gasteiger partial charge in [-0.3, -0.25) is 4.90 Å². The fraction of sp³-hybridized carbons (Fsp3) is 0.489. The molecule has 4 aliphatic rings. The Bertz CT molecular complexity index is 1630. The summed E-state index contributed by atoms with van der Waals surface area (Å²) in [7, 11) is 5.01. The van der Waals surface area contributed by atoms with Crippen molar-refractivity contribution in [3.05, 3.63) is 119 Å². The summed E-state index contributed by atoms with van der Waals surface area (Å²) in [6.07, 6.45) is 2.28. The van der Waals surface area contributed by atoms with Gasteiger partial charge in [0.05, 0.1) is 0 Å². The van der Waals surface area contributed by atoms with Gasteiger partial charge in [-0.2, -0.15) is 0 Å². The molecule has 337 valence electrons. The van der Waals surface area contributed by atoms with Crippen LogP contribution in [0.25, 0.3) is 0 Å². The number of piperazine rings is 2. The fourth-order valence-corrected chi connectivity index (χ4v) is 8.94. The number of hydrogen-bond donors (Lipinski definition) is 1. The number of nitrogens with zero attached hydrogens (tertiary/aromatic N) is 3. The molecule has 0 saturated carbocycles. The average Bonchev–Trinajstić information content (AvgIpc) is 3.55. The van der Waals surface area contributed by atoms with Crippen molar-refractivity contribution in [2.75, 3.05) is 66.5 Å². The molecule has 13 heteroatoms. The van der Waals surface area contributed by atoms with Gasteiger partial charge < -0.3 is 15.1 Å². The van der Waals surface area contributed by atoms with Gasteiger partial charge in [-0.05, 0) is 79.4 Å². The molecule has 4 nitrogen and oxygen atoms in total. The van der Waals surface area contributed by atoms with Crippen molar-refractivity contribution < 1.29 is 14.4 Å². The summed E-state index contributed by atoms with van der Waals surface area (Å²) in [5.74, 6) is 0.618. The Labute approximate surface area is 443 Å². The third-order valence-electron chi connectivity index (χ3n) is 9.37. The molecule has 4 aromatic rings. The van der Waals surface area contributed by atoms with E-state index in [1.165, 1.54) is 81.1 Å². The molecule has 0 aliphatic carbocycles. The van der Waals surface area contributed by atoms with E-state index >= 15 is 0 Å². The molecule has 2 atom stereocenters. The van der Waals surface area contributed by atoms with E-state index in [1.807, 2.05) is 78.9 Å². The molecule has 8 rings (SSSR count). The van der Waals surface area contributed by atoms with E-state index in [9.17, 15) is 0 Å². The van der Waals surface area contributed by atoms with Gasteiger partial charge in [-0.25, -0.2) is 0 Å². The van der Waals surface area contributed by atoms with Crippen LogP contribution >= 0.6 is 123 Å². The molecule has 4 aromatic carbocycles. The van der Waals surface area contributed by atoms with Gasteiger partial charge in [0.25, 0.3) is 0 Å². The molecule has 1 N–H and O–H groups in total. The van der Waals surface area contributed by atoms with E-state index < -0.39 is 0 Å². The van der Waals surface area contributed by atoms with E-state index in [1.54, 1.807) is 0 Å². The molecule has 0 radical (unpaired) electrons. The van der Waals surface area contributed by atoms with Crippen molar-refractivity contribution in [1.29, 1.82) is 0 Å². The van der Waals surface area contributed by atoms with Crippen molar-refractivity contribution in [1.82, 2.24) is 20.0 Å². The van der Waals surface area contributed by atoms with Crippen LogP contribution in [0.3, 0.4) is 0 Å². The monoisotopic (exact) mass is 1490 g/mol. The van der Waals surface area contributed by atoms with Crippen LogP contribution in [0.2, 0.25) is 0 Å². The van der Waals surface area contributed by atoms with E-state index in [2.05, 4.69) is 238 Å². The molecule has 4 heterocycles. The topological polar surface area (TPSA) is 21.8 Å². The van der Waals surface area contributed by atoms with Crippen LogP contribution in [0.4, 0.5) is 0 Å². The van der Waals surface area contributed by atoms with Crippen molar-refractivity contribution in [3.63, 3.8) is 0 Å². The quantitative estimate of drug-likeness (QED) is 0.191. The summed E-state index contributed by atoms with van der Waals surface area (Å²) in [5, 5.41) is 3.27. The minimum absolute atomic E-state index is 0.278. The maximum atomic E-state index is 3.27. The number of likely N-dealkylation sites (N-methyl/N-ethyl adjacent to an activating group) is 2. The van der Waals surface area contributed by atoms with E-state index in [-0.39, 0.29) is 4.92 Å². The first-order valence-electron chi connectivity index (χ1n) is 21.4. The van der Waals surface area contributed by atoms with Gasteiger partial charge in [0.15, 0.2) is 0 Å². The van der Waals surface area contributed by atoms with Crippen LogP contribution in [0, 0.1) is 0 Å². The van der Waals surface area contributed by atoms with Crippen LogP contribution in [0.1, 0.15) is 96.5 Å². The van der Waals surface area contributed by atoms with E-state index in [0.29, 0.717) is 21.4 Å². The van der Waals surface area contributed by atoms with Gasteiger partial charge >= 0.3 is 114 Å². The first kappa shape index (κ1) is 62.2. The third kappa shape index (κ3) is 24.8. The average molecular weight is 1490 g/mol. The van der Waals surface area contributed by atoms with Gasteiger partial charge in [0, 0.05) is 78.0 Å². The number of nitrogens with one attached hydrogen (secondary N) is 1. The van der Waals surface area contributed by atoms with E-state index in [4.69, 9.17) is 0 Å². The Morgan fingerprint density at radius 1 is 0.533 bits per heavy atom. The first-order valence-corrected chi connectivity index (χ1v) is 45.6. The molecular weight excluding hydrogens is 1420 g/mol. The van der Waals surface area contributed by atoms with Gasteiger partial charge in [-0.15, -0.1) is 0 Å². The number of fused-ring (bicyclic) bond motifs is 4. The van der Waals surface area contributed by atoms with Crippen LogP contribution < -0.4 is 5.32 Å². The van der Waals surface area contributed by atoms with Gasteiger partial charge in [-0.1, -0.05) is 159 Å². The summed E-state index contributed by atoms with van der Waals surface area (Å²) >= 11 is 16.0. The molecule has 2 saturated heterocycles. The number of rotatable bonds is 1. The molecule has 4 aliphatic heterocycles. The zero-order chi connectivity index (χ0) is 45.3. The summed E-state index contributed by atoms with van der Waals surface area (Å²) in [6.45, 7) is 27.8. The molecule has 0 aromatic heterocycles. The second-order valence-electron chi connectivity index (χ2n) is 13.0. The van der Waals surface area contributed by atoms with Crippen LogP contribution in [-0.4, -0.2) is 81.2 Å². The molecule has 2 unspecified atom stereocenters. The van der Waals surface area contributed by atoms with Gasteiger partial charge in [0.1, 0.15) is 0 Å². The summed E-state index contributed by atoms with van der Waals surface area (Å²) in [6, 6.07) is 35.9. The summed E-state index contributed by atoms with van der Waals surface area (Å²) < 4.78 is 0. The number of benzene rings is 4. The molecular formula is C47H72I5N4S2V2. The molecule has 0 spiro atoms. The predicted molar refractivity (Wildman–Crippen MR) is 308 cm³/mol.